The van der Waals surface area contributed by atoms with Gasteiger partial charge >= 0.3 is 0 Å². The molecule has 0 aliphatic carbocycles. The van der Waals surface area contributed by atoms with Crippen molar-refractivity contribution < 1.29 is 4.42 Å². The Kier molecular flexibility index (Phi) is 4.27. The first kappa shape index (κ1) is 14.4. The highest BCUT2D eigenvalue weighted by molar-refractivity contribution is 5.49. The van der Waals surface area contributed by atoms with Crippen LogP contribution >= 0.6 is 0 Å². The molecule has 0 bridgehead atoms. The van der Waals surface area contributed by atoms with Crippen LogP contribution < -0.4 is 10.2 Å². The second-order valence-electron chi connectivity index (χ2n) is 5.23. The third-order valence-electron chi connectivity index (χ3n) is 3.27. The van der Waals surface area contributed by atoms with Crippen LogP contribution in [-0.4, -0.2) is 24.1 Å². The first-order valence-corrected chi connectivity index (χ1v) is 6.82. The third kappa shape index (κ3) is 3.10. The van der Waals surface area contributed by atoms with Gasteiger partial charge < -0.3 is 14.6 Å². The van der Waals surface area contributed by atoms with Crippen LogP contribution in [0, 0.1) is 6.92 Å². The molecule has 1 N–H and O–H groups in total. The molecular formula is C15H22N4O. The largest absolute Gasteiger partial charge is 0.469 e. The van der Waals surface area contributed by atoms with Gasteiger partial charge in [0.1, 0.15) is 23.2 Å². The average Bonchev–Trinajstić information content (AvgIpc) is 2.83. The van der Waals surface area contributed by atoms with E-state index in [0.29, 0.717) is 5.92 Å². The average molecular weight is 274 g/mol. The molecule has 5 nitrogen and oxygen atoms in total. The molecule has 2 rings (SSSR count). The molecule has 0 aromatic carbocycles. The van der Waals surface area contributed by atoms with Crippen molar-refractivity contribution in [3.05, 3.63) is 35.5 Å². The summed E-state index contributed by atoms with van der Waals surface area (Å²) in [5.41, 5.74) is 1.17. The Morgan fingerprint density at radius 3 is 2.65 bits per heavy atom. The summed E-state index contributed by atoms with van der Waals surface area (Å²) in [6.45, 7) is 6.93. The first-order chi connectivity index (χ1) is 9.51. The molecule has 2 heterocycles. The number of aryl methyl sites for hydroxylation is 1. The Labute approximate surface area is 120 Å². The molecule has 0 spiro atoms. The molecule has 0 saturated carbocycles. The summed E-state index contributed by atoms with van der Waals surface area (Å²) in [6.07, 6.45) is 1.72. The van der Waals surface area contributed by atoms with E-state index in [1.807, 2.05) is 33.2 Å². The van der Waals surface area contributed by atoms with E-state index in [4.69, 9.17) is 4.42 Å². The van der Waals surface area contributed by atoms with Crippen molar-refractivity contribution in [2.24, 2.45) is 0 Å². The van der Waals surface area contributed by atoms with Crippen LogP contribution in [0.5, 0.6) is 0 Å². The zero-order valence-corrected chi connectivity index (χ0v) is 12.8. The van der Waals surface area contributed by atoms with Crippen molar-refractivity contribution in [3.63, 3.8) is 0 Å². The summed E-state index contributed by atoms with van der Waals surface area (Å²) < 4.78 is 5.34. The Morgan fingerprint density at radius 1 is 1.35 bits per heavy atom. The van der Waals surface area contributed by atoms with Crippen molar-refractivity contribution in [2.75, 3.05) is 24.3 Å². The molecule has 0 aliphatic rings. The topological polar surface area (TPSA) is 54.2 Å². The maximum atomic E-state index is 5.34. The van der Waals surface area contributed by atoms with Crippen molar-refractivity contribution in [1.29, 1.82) is 0 Å². The fourth-order valence-corrected chi connectivity index (χ4v) is 1.95. The predicted molar refractivity (Wildman–Crippen MR) is 81.2 cm³/mol. The van der Waals surface area contributed by atoms with Crippen molar-refractivity contribution in [3.8, 4) is 0 Å². The van der Waals surface area contributed by atoms with E-state index in [2.05, 4.69) is 34.0 Å². The highest BCUT2D eigenvalue weighted by Crippen LogP contribution is 2.21. The standard InChI is InChI=1S/C15H22N4O/c1-10(2)15-17-13(16-4)8-14(18-15)19(5)9-12-6-7-20-11(12)3/h6-8,10H,9H2,1-5H3,(H,16,17,18). The Bertz CT molecular complexity index is 577. The second-order valence-corrected chi connectivity index (χ2v) is 5.23. The number of rotatable bonds is 5. The Balaban J connectivity index is 2.26. The number of hydrogen-bond acceptors (Lipinski definition) is 5. The summed E-state index contributed by atoms with van der Waals surface area (Å²) in [5, 5.41) is 3.09. The van der Waals surface area contributed by atoms with Crippen molar-refractivity contribution >= 4 is 11.6 Å². The summed E-state index contributed by atoms with van der Waals surface area (Å²) in [7, 11) is 3.90. The van der Waals surface area contributed by atoms with Crippen LogP contribution in [0.25, 0.3) is 0 Å². The molecule has 5 heteroatoms. The third-order valence-corrected chi connectivity index (χ3v) is 3.27. The molecule has 0 unspecified atom stereocenters. The van der Waals surface area contributed by atoms with E-state index in [9.17, 15) is 0 Å². The van der Waals surface area contributed by atoms with Crippen LogP contribution in [0.15, 0.2) is 22.8 Å². The van der Waals surface area contributed by atoms with Gasteiger partial charge in [-0.1, -0.05) is 13.8 Å². The van der Waals surface area contributed by atoms with Crippen LogP contribution in [-0.2, 0) is 6.54 Å². The van der Waals surface area contributed by atoms with Gasteiger partial charge in [-0.15, -0.1) is 0 Å². The summed E-state index contributed by atoms with van der Waals surface area (Å²) in [5.74, 6) is 3.85. The van der Waals surface area contributed by atoms with E-state index >= 15 is 0 Å². The lowest BCUT2D eigenvalue weighted by atomic mass is 10.2. The van der Waals surface area contributed by atoms with Gasteiger partial charge in [-0.2, -0.15) is 0 Å². The molecule has 0 atom stereocenters. The smallest absolute Gasteiger partial charge is 0.135 e. The number of nitrogens with zero attached hydrogens (tertiary/aromatic N) is 3. The second kappa shape index (κ2) is 5.94. The number of nitrogens with one attached hydrogen (secondary N) is 1. The van der Waals surface area contributed by atoms with Crippen LogP contribution in [0.4, 0.5) is 11.6 Å². The minimum atomic E-state index is 0.297. The van der Waals surface area contributed by atoms with Gasteiger partial charge in [-0.05, 0) is 13.0 Å². The zero-order valence-electron chi connectivity index (χ0n) is 12.8. The van der Waals surface area contributed by atoms with E-state index in [0.717, 1.165) is 29.8 Å². The number of hydrogen-bond donors (Lipinski definition) is 1. The normalized spacial score (nSPS) is 10.9. The molecule has 20 heavy (non-hydrogen) atoms. The molecule has 2 aromatic heterocycles. The molecule has 0 fully saturated rings. The molecule has 0 saturated heterocycles. The summed E-state index contributed by atoms with van der Waals surface area (Å²) >= 11 is 0. The Morgan fingerprint density at radius 2 is 2.10 bits per heavy atom. The number of anilines is 2. The van der Waals surface area contributed by atoms with E-state index < -0.39 is 0 Å². The fraction of sp³-hybridized carbons (Fsp3) is 0.467. The maximum absolute atomic E-state index is 5.34. The predicted octanol–water partition coefficient (Wildman–Crippen LogP) is 3.18. The lowest BCUT2D eigenvalue weighted by Gasteiger charge is -2.20. The van der Waals surface area contributed by atoms with Crippen molar-refractivity contribution in [2.45, 2.75) is 33.2 Å². The van der Waals surface area contributed by atoms with Gasteiger partial charge in [-0.3, -0.25) is 0 Å². The zero-order chi connectivity index (χ0) is 14.7. The van der Waals surface area contributed by atoms with E-state index in [1.54, 1.807) is 6.26 Å². The molecule has 2 aromatic rings. The minimum absolute atomic E-state index is 0.297. The molecule has 108 valence electrons. The number of aromatic nitrogens is 2. The molecule has 0 amide bonds. The molecule has 0 aliphatic heterocycles. The maximum Gasteiger partial charge on any atom is 0.135 e. The molecule has 0 radical (unpaired) electrons. The highest BCUT2D eigenvalue weighted by atomic mass is 16.3. The van der Waals surface area contributed by atoms with Gasteiger partial charge in [0.2, 0.25) is 0 Å². The van der Waals surface area contributed by atoms with Gasteiger partial charge in [-0.25, -0.2) is 9.97 Å². The molecular weight excluding hydrogens is 252 g/mol. The highest BCUT2D eigenvalue weighted by Gasteiger charge is 2.12. The fourth-order valence-electron chi connectivity index (χ4n) is 1.95. The lowest BCUT2D eigenvalue weighted by Crippen LogP contribution is -2.19. The first-order valence-electron chi connectivity index (χ1n) is 6.82. The van der Waals surface area contributed by atoms with Crippen LogP contribution in [0.2, 0.25) is 0 Å². The minimum Gasteiger partial charge on any atom is -0.469 e. The van der Waals surface area contributed by atoms with E-state index in [1.165, 1.54) is 5.56 Å². The number of furan rings is 1. The van der Waals surface area contributed by atoms with Gasteiger partial charge in [0.05, 0.1) is 6.26 Å². The van der Waals surface area contributed by atoms with Gasteiger partial charge in [0.15, 0.2) is 0 Å². The van der Waals surface area contributed by atoms with E-state index in [-0.39, 0.29) is 0 Å². The summed E-state index contributed by atoms with van der Waals surface area (Å²) in [6, 6.07) is 3.96. The lowest BCUT2D eigenvalue weighted by molar-refractivity contribution is 0.529. The quantitative estimate of drug-likeness (QED) is 0.907. The monoisotopic (exact) mass is 274 g/mol. The van der Waals surface area contributed by atoms with Gasteiger partial charge in [0.25, 0.3) is 0 Å². The van der Waals surface area contributed by atoms with Crippen molar-refractivity contribution in [1.82, 2.24) is 9.97 Å². The Hall–Kier alpha value is -2.04. The van der Waals surface area contributed by atoms with Gasteiger partial charge in [0, 0.05) is 38.2 Å². The SMILES string of the molecule is CNc1cc(N(C)Cc2ccoc2C)nc(C(C)C)n1. The van der Waals surface area contributed by atoms with Crippen LogP contribution in [0.1, 0.15) is 36.9 Å². The summed E-state index contributed by atoms with van der Waals surface area (Å²) in [4.78, 5) is 11.2. The van der Waals surface area contributed by atoms with Crippen LogP contribution in [0.3, 0.4) is 0 Å².